The van der Waals surface area contributed by atoms with Crippen LogP contribution in [0.3, 0.4) is 0 Å². The molecular formula is C22H15I2N3O2S. The van der Waals surface area contributed by atoms with E-state index < -0.39 is 5.91 Å². The molecule has 1 amide bonds. The van der Waals surface area contributed by atoms with E-state index in [9.17, 15) is 15.3 Å². The first-order valence-corrected chi connectivity index (χ1v) is 12.0. The van der Waals surface area contributed by atoms with E-state index in [-0.39, 0.29) is 12.2 Å². The van der Waals surface area contributed by atoms with Gasteiger partial charge in [-0.1, -0.05) is 5.92 Å². The van der Waals surface area contributed by atoms with E-state index in [0.29, 0.717) is 21.9 Å². The number of hydrogen-bond donors (Lipinski definition) is 1. The number of carbonyl (C=O) groups excluding carboxylic acids is 1. The zero-order chi connectivity index (χ0) is 21.7. The molecule has 1 aromatic heterocycles. The Morgan fingerprint density at radius 2 is 1.97 bits per heavy atom. The van der Waals surface area contributed by atoms with Gasteiger partial charge in [0.1, 0.15) is 35.1 Å². The van der Waals surface area contributed by atoms with Crippen LogP contribution in [0.5, 0.6) is 5.75 Å². The molecule has 0 fully saturated rings. The number of fused-ring (bicyclic) bond motifs is 1. The number of anilines is 1. The van der Waals surface area contributed by atoms with Crippen LogP contribution in [-0.4, -0.2) is 12.5 Å². The van der Waals surface area contributed by atoms with Crippen molar-refractivity contribution in [1.29, 1.82) is 10.5 Å². The van der Waals surface area contributed by atoms with E-state index in [1.54, 1.807) is 0 Å². The molecule has 0 aliphatic heterocycles. The molecule has 0 radical (unpaired) electrons. The number of benzene rings is 1. The Morgan fingerprint density at radius 1 is 1.27 bits per heavy atom. The highest BCUT2D eigenvalue weighted by atomic mass is 127. The number of hydrogen-bond acceptors (Lipinski definition) is 5. The van der Waals surface area contributed by atoms with Crippen LogP contribution in [0.25, 0.3) is 6.08 Å². The van der Waals surface area contributed by atoms with Gasteiger partial charge < -0.3 is 10.1 Å². The second-order valence-corrected chi connectivity index (χ2v) is 9.89. The number of carbonyl (C=O) groups is 1. The summed E-state index contributed by atoms with van der Waals surface area (Å²) in [6, 6.07) is 7.83. The van der Waals surface area contributed by atoms with Gasteiger partial charge in [0.05, 0.1) is 12.7 Å². The molecule has 0 bridgehead atoms. The fourth-order valence-corrected chi connectivity index (χ4v) is 6.53. The average Bonchev–Trinajstić information content (AvgIpc) is 3.08. The molecule has 1 aromatic carbocycles. The minimum atomic E-state index is -0.523. The second kappa shape index (κ2) is 10.3. The lowest BCUT2D eigenvalue weighted by atomic mass is 9.96. The zero-order valence-corrected chi connectivity index (χ0v) is 20.9. The van der Waals surface area contributed by atoms with E-state index in [1.165, 1.54) is 17.4 Å². The number of aryl methyl sites for hydroxylation is 1. The van der Waals surface area contributed by atoms with Gasteiger partial charge in [-0.25, -0.2) is 0 Å². The number of rotatable bonds is 5. The normalized spacial score (nSPS) is 12.8. The van der Waals surface area contributed by atoms with E-state index >= 15 is 0 Å². The number of amides is 1. The van der Waals surface area contributed by atoms with Gasteiger partial charge in [-0.05, 0) is 100 Å². The third-order valence-electron chi connectivity index (χ3n) is 4.51. The summed E-state index contributed by atoms with van der Waals surface area (Å²) in [5.74, 6) is 2.59. The van der Waals surface area contributed by atoms with Crippen LogP contribution in [0.15, 0.2) is 17.7 Å². The van der Waals surface area contributed by atoms with E-state index in [4.69, 9.17) is 11.2 Å². The van der Waals surface area contributed by atoms with Crippen molar-refractivity contribution < 1.29 is 9.53 Å². The van der Waals surface area contributed by atoms with Crippen molar-refractivity contribution in [3.05, 3.63) is 46.4 Å². The molecule has 8 heteroatoms. The maximum absolute atomic E-state index is 12.8. The van der Waals surface area contributed by atoms with Crippen molar-refractivity contribution >= 4 is 73.5 Å². The van der Waals surface area contributed by atoms with Crippen molar-refractivity contribution in [1.82, 2.24) is 0 Å². The maximum atomic E-state index is 12.8. The van der Waals surface area contributed by atoms with Gasteiger partial charge >= 0.3 is 0 Å². The maximum Gasteiger partial charge on any atom is 0.266 e. The predicted octanol–water partition coefficient (Wildman–Crippen LogP) is 5.27. The van der Waals surface area contributed by atoms with Crippen LogP contribution >= 0.6 is 56.5 Å². The summed E-state index contributed by atoms with van der Waals surface area (Å²) < 4.78 is 7.21. The Balaban J connectivity index is 1.87. The first-order valence-electron chi connectivity index (χ1n) is 9.01. The van der Waals surface area contributed by atoms with E-state index in [2.05, 4.69) is 62.5 Å². The summed E-state index contributed by atoms with van der Waals surface area (Å²) >= 11 is 5.70. The molecule has 5 nitrogen and oxygen atoms in total. The SMILES string of the molecule is C#CCOc1c(I)cc(/C=C(\C#N)C(=O)Nc2sc3c(c2C#N)CCCC3)cc1I. The Bertz CT molecular complexity index is 1140. The molecule has 1 N–H and O–H groups in total. The van der Waals surface area contributed by atoms with Gasteiger partial charge in [0, 0.05) is 4.88 Å². The lowest BCUT2D eigenvalue weighted by Gasteiger charge is -2.09. The minimum absolute atomic E-state index is 0.0332. The van der Waals surface area contributed by atoms with Crippen molar-refractivity contribution in [2.45, 2.75) is 25.7 Å². The number of halogens is 2. The highest BCUT2D eigenvalue weighted by Gasteiger charge is 2.22. The predicted molar refractivity (Wildman–Crippen MR) is 134 cm³/mol. The first-order chi connectivity index (χ1) is 14.5. The van der Waals surface area contributed by atoms with Crippen LogP contribution in [0.2, 0.25) is 0 Å². The Morgan fingerprint density at radius 3 is 2.60 bits per heavy atom. The van der Waals surface area contributed by atoms with Crippen molar-refractivity contribution in [2.75, 3.05) is 11.9 Å². The highest BCUT2D eigenvalue weighted by Crippen LogP contribution is 2.38. The molecule has 0 unspecified atom stereocenters. The number of ether oxygens (including phenoxy) is 1. The minimum Gasteiger partial charge on any atom is -0.479 e. The van der Waals surface area contributed by atoms with Crippen molar-refractivity contribution in [3.63, 3.8) is 0 Å². The molecule has 1 aliphatic rings. The van der Waals surface area contributed by atoms with E-state index in [0.717, 1.165) is 43.3 Å². The Kier molecular flexibility index (Phi) is 7.76. The number of nitrogens with zero attached hydrogens (tertiary/aromatic N) is 2. The van der Waals surface area contributed by atoms with E-state index in [1.807, 2.05) is 18.2 Å². The zero-order valence-electron chi connectivity index (χ0n) is 15.7. The summed E-state index contributed by atoms with van der Waals surface area (Å²) in [7, 11) is 0. The van der Waals surface area contributed by atoms with Gasteiger partial charge in [0.2, 0.25) is 0 Å². The molecule has 1 heterocycles. The van der Waals surface area contributed by atoms with Gasteiger partial charge in [0.25, 0.3) is 5.91 Å². The standard InChI is InChI=1S/C22H15I2N3O2S/c1-2-7-29-20-17(23)9-13(10-18(20)24)8-14(11-25)21(28)27-22-16(12-26)15-5-3-4-6-19(15)30-22/h1,8-10H,3-7H2,(H,27,28)/b14-8+. The molecule has 0 spiro atoms. The van der Waals surface area contributed by atoms with Crippen LogP contribution < -0.4 is 10.1 Å². The number of terminal acetylenes is 1. The lowest BCUT2D eigenvalue weighted by molar-refractivity contribution is -0.112. The largest absolute Gasteiger partial charge is 0.479 e. The monoisotopic (exact) mass is 639 g/mol. The van der Waals surface area contributed by atoms with Gasteiger partial charge in [-0.2, -0.15) is 10.5 Å². The molecule has 150 valence electrons. The van der Waals surface area contributed by atoms with Crippen molar-refractivity contribution in [2.24, 2.45) is 0 Å². The summed E-state index contributed by atoms with van der Waals surface area (Å²) in [6.07, 6.45) is 10.7. The fraction of sp³-hybridized carbons (Fsp3) is 0.227. The quantitative estimate of drug-likeness (QED) is 0.209. The number of nitriles is 2. The molecule has 1 aliphatic carbocycles. The fourth-order valence-electron chi connectivity index (χ4n) is 3.17. The molecule has 3 rings (SSSR count). The molecule has 0 saturated heterocycles. The van der Waals surface area contributed by atoms with Gasteiger partial charge in [0.15, 0.2) is 0 Å². The Labute approximate surface area is 206 Å². The van der Waals surface area contributed by atoms with Crippen LogP contribution in [0.1, 0.15) is 34.4 Å². The third kappa shape index (κ3) is 4.97. The van der Waals surface area contributed by atoms with Gasteiger partial charge in [-0.3, -0.25) is 4.79 Å². The van der Waals surface area contributed by atoms with Gasteiger partial charge in [-0.15, -0.1) is 17.8 Å². The molecule has 0 atom stereocenters. The third-order valence-corrected chi connectivity index (χ3v) is 7.32. The van der Waals surface area contributed by atoms with Crippen molar-refractivity contribution in [3.8, 4) is 30.2 Å². The van der Waals surface area contributed by atoms with Crippen LogP contribution in [0.4, 0.5) is 5.00 Å². The summed E-state index contributed by atoms with van der Waals surface area (Å²) in [5.41, 5.74) is 2.24. The average molecular weight is 639 g/mol. The lowest BCUT2D eigenvalue weighted by Crippen LogP contribution is -2.13. The highest BCUT2D eigenvalue weighted by molar-refractivity contribution is 14.1. The molecule has 2 aromatic rings. The smallest absolute Gasteiger partial charge is 0.266 e. The summed E-state index contributed by atoms with van der Waals surface area (Å²) in [6.45, 7) is 0.166. The summed E-state index contributed by atoms with van der Waals surface area (Å²) in [4.78, 5) is 13.9. The number of nitrogens with one attached hydrogen (secondary N) is 1. The second-order valence-electron chi connectivity index (χ2n) is 6.46. The topological polar surface area (TPSA) is 85.9 Å². The molecule has 30 heavy (non-hydrogen) atoms. The molecule has 0 saturated carbocycles. The number of thiophene rings is 1. The van der Waals surface area contributed by atoms with Crippen LogP contribution in [-0.2, 0) is 17.6 Å². The summed E-state index contributed by atoms with van der Waals surface area (Å²) in [5, 5.41) is 22.4. The van der Waals surface area contributed by atoms with Crippen LogP contribution in [0, 0.1) is 42.1 Å². The molecular weight excluding hydrogens is 624 g/mol. The first kappa shape index (κ1) is 22.6. The Hall–Kier alpha value is -2.07.